The van der Waals surface area contributed by atoms with Gasteiger partial charge in [-0.2, -0.15) is 0 Å². The van der Waals surface area contributed by atoms with E-state index in [0.717, 1.165) is 36.8 Å². The molecule has 0 aliphatic heterocycles. The zero-order chi connectivity index (χ0) is 49.8. The van der Waals surface area contributed by atoms with Crippen LogP contribution in [0.3, 0.4) is 0 Å². The molecule has 0 heterocycles. The number of carbonyl (C=O) groups excluding carboxylic acids is 2. The molecular formula is C54H76Cl2F4N2O5. The van der Waals surface area contributed by atoms with E-state index < -0.39 is 68.3 Å². The highest BCUT2D eigenvalue weighted by atomic mass is 35.5. The fourth-order valence-corrected chi connectivity index (χ4v) is 15.0. The van der Waals surface area contributed by atoms with Gasteiger partial charge in [0, 0.05) is 63.9 Å². The van der Waals surface area contributed by atoms with Crippen LogP contribution in [-0.2, 0) is 25.3 Å². The third kappa shape index (κ3) is 8.89. The first-order valence-corrected chi connectivity index (χ1v) is 25.4. The maximum absolute atomic E-state index is 14.9. The van der Waals surface area contributed by atoms with Crippen LogP contribution in [0, 0.1) is 63.6 Å². The Bertz CT molecular complexity index is 2200. The standard InChI is InChI=1S/C32H44ClF2NO4.C22H32ClF2NO/c1-18-9-10-31(22(15-37)19(18)2,14-24(38)36-30-12-11-29(16-30,17-30)27(39)40-6)20-7-8-21(23(33)13-20)25-26(28(3,4)5)32(25,34)35;1-12-8-9-21(26,16(11-27)13(12)2)14-6-7-15(17(23)10-14)18-19(20(3,4)5)22(18,24)25/h7-8,13,18-19,22,25-26,37H,9-12,14-17H2,1-6H3,(H,36,38);6-7,10,12-13,16,18-19,27H,8-9,11,26H2,1-5H3/t18-,19+,22?,25?,26?,29?,30?,31?;12-,13+,16?,18?,19?,21?/m00/s1. The van der Waals surface area contributed by atoms with Crippen molar-refractivity contribution in [1.29, 1.82) is 0 Å². The summed E-state index contributed by atoms with van der Waals surface area (Å²) in [4.78, 5) is 26.0. The molecule has 7 saturated carbocycles. The van der Waals surface area contributed by atoms with E-state index in [4.69, 9.17) is 33.7 Å². The Kier molecular flexibility index (Phi) is 13.8. The number of rotatable bonds is 10. The Hall–Kier alpha value is -2.44. The van der Waals surface area contributed by atoms with E-state index in [2.05, 4.69) is 33.0 Å². The molecule has 7 aliphatic rings. The summed E-state index contributed by atoms with van der Waals surface area (Å²) in [5.41, 5.74) is 6.12. The van der Waals surface area contributed by atoms with Gasteiger partial charge in [0.2, 0.25) is 5.91 Å². The van der Waals surface area contributed by atoms with Gasteiger partial charge in [0.25, 0.3) is 11.8 Å². The number of methoxy groups -OCH3 is 1. The largest absolute Gasteiger partial charge is 0.469 e. The van der Waals surface area contributed by atoms with Gasteiger partial charge in [-0.1, -0.05) is 117 Å². The SMILES string of the molecule is COC(=O)C12CCC(NC(=O)CC3(c4ccc(C5C(C(C)(C)C)C5(F)F)c(Cl)c4)CC[C@H](C)[C@@H](C)C3CO)(C1)C2.C[C@H]1CCC(N)(c2ccc(C3C(C(C)(C)C)C3(F)F)c(Cl)c2)C(CO)[C@@H]1C. The summed E-state index contributed by atoms with van der Waals surface area (Å²) in [7, 11) is 1.40. The number of halogens is 6. The molecule has 5 N–H and O–H groups in total. The van der Waals surface area contributed by atoms with E-state index in [1.54, 1.807) is 24.3 Å². The van der Waals surface area contributed by atoms with Gasteiger partial charge in [0.15, 0.2) is 0 Å². The first-order valence-electron chi connectivity index (χ1n) is 24.7. The van der Waals surface area contributed by atoms with Crippen molar-refractivity contribution in [3.8, 4) is 0 Å². The van der Waals surface area contributed by atoms with Crippen molar-refractivity contribution in [2.45, 2.75) is 167 Å². The number of aliphatic hydroxyl groups excluding tert-OH is 2. The lowest BCUT2D eigenvalue weighted by molar-refractivity contribution is -0.159. The van der Waals surface area contributed by atoms with Gasteiger partial charge in [0.1, 0.15) is 0 Å². The maximum Gasteiger partial charge on any atom is 0.311 e. The van der Waals surface area contributed by atoms with Gasteiger partial charge in [0.05, 0.1) is 24.4 Å². The van der Waals surface area contributed by atoms with Crippen LogP contribution in [0.5, 0.6) is 0 Å². The number of hydrogen-bond acceptors (Lipinski definition) is 6. The van der Waals surface area contributed by atoms with Gasteiger partial charge >= 0.3 is 5.97 Å². The highest BCUT2D eigenvalue weighted by Gasteiger charge is 2.74. The van der Waals surface area contributed by atoms with Crippen molar-refractivity contribution in [2.24, 2.45) is 69.3 Å². The number of amides is 1. The lowest BCUT2D eigenvalue weighted by Gasteiger charge is -2.51. The first-order chi connectivity index (χ1) is 30.9. The first kappa shape index (κ1) is 52.4. The van der Waals surface area contributed by atoms with Gasteiger partial charge in [-0.25, -0.2) is 17.6 Å². The summed E-state index contributed by atoms with van der Waals surface area (Å²) in [6.45, 7) is 19.6. The molecule has 2 aromatic carbocycles. The summed E-state index contributed by atoms with van der Waals surface area (Å²) in [5, 5.41) is 24.6. The molecule has 1 amide bonds. The summed E-state index contributed by atoms with van der Waals surface area (Å²) >= 11 is 13.3. The molecule has 2 bridgehead atoms. The lowest BCUT2D eigenvalue weighted by Crippen LogP contribution is -2.59. The molecule has 9 rings (SSSR count). The molecule has 7 aliphatic carbocycles. The van der Waals surface area contributed by atoms with E-state index in [1.165, 1.54) is 7.11 Å². The number of benzene rings is 2. The van der Waals surface area contributed by atoms with E-state index in [0.29, 0.717) is 58.7 Å². The van der Waals surface area contributed by atoms with Gasteiger partial charge in [-0.05, 0) is 126 Å². The average Bonchev–Trinajstić information content (AvgIpc) is 3.85. The number of nitrogens with two attached hydrogens (primary N) is 1. The van der Waals surface area contributed by atoms with Crippen molar-refractivity contribution in [1.82, 2.24) is 5.32 Å². The number of fused-ring (bicyclic) bond motifs is 1. The van der Waals surface area contributed by atoms with Gasteiger partial charge in [-0.3, -0.25) is 9.59 Å². The Morgan fingerprint density at radius 1 is 0.731 bits per heavy atom. The molecule has 8 unspecified atom stereocenters. The smallest absolute Gasteiger partial charge is 0.311 e. The van der Waals surface area contributed by atoms with E-state index in [9.17, 15) is 37.4 Å². The van der Waals surface area contributed by atoms with E-state index >= 15 is 0 Å². The summed E-state index contributed by atoms with van der Waals surface area (Å²) in [5.74, 6) is -8.07. The topological polar surface area (TPSA) is 122 Å². The summed E-state index contributed by atoms with van der Waals surface area (Å²) < 4.78 is 63.7. The number of nitrogens with one attached hydrogen (secondary N) is 1. The van der Waals surface area contributed by atoms with Crippen LogP contribution in [-0.4, -0.2) is 59.8 Å². The minimum atomic E-state index is -2.81. The predicted octanol–water partition coefficient (Wildman–Crippen LogP) is 12.2. The molecule has 7 fully saturated rings. The maximum atomic E-state index is 14.9. The average molecular weight is 980 g/mol. The highest BCUT2D eigenvalue weighted by Crippen LogP contribution is 2.70. The fourth-order valence-electron chi connectivity index (χ4n) is 14.4. The minimum absolute atomic E-state index is 0.00811. The molecule has 0 saturated heterocycles. The molecule has 0 aromatic heterocycles. The fraction of sp³-hybridized carbons (Fsp3) is 0.741. The lowest BCUT2D eigenvalue weighted by atomic mass is 9.55. The van der Waals surface area contributed by atoms with Crippen LogP contribution < -0.4 is 11.1 Å². The zero-order valence-electron chi connectivity index (χ0n) is 41.5. The van der Waals surface area contributed by atoms with Crippen LogP contribution in [0.1, 0.15) is 161 Å². The minimum Gasteiger partial charge on any atom is -0.469 e. The predicted molar refractivity (Wildman–Crippen MR) is 256 cm³/mol. The van der Waals surface area contributed by atoms with Crippen molar-refractivity contribution in [3.63, 3.8) is 0 Å². The number of hydrogen-bond donors (Lipinski definition) is 4. The third-order valence-electron chi connectivity index (χ3n) is 18.6. The molecule has 0 radical (unpaired) electrons. The monoisotopic (exact) mass is 979 g/mol. The van der Waals surface area contributed by atoms with Crippen LogP contribution in [0.15, 0.2) is 36.4 Å². The summed E-state index contributed by atoms with van der Waals surface area (Å²) in [6, 6.07) is 10.7. The molecule has 7 nitrogen and oxygen atoms in total. The molecule has 12 atom stereocenters. The van der Waals surface area contributed by atoms with Crippen molar-refractivity contribution in [3.05, 3.63) is 68.7 Å². The molecule has 13 heteroatoms. The number of esters is 1. The summed E-state index contributed by atoms with van der Waals surface area (Å²) in [6.07, 6.45) is 6.09. The van der Waals surface area contributed by atoms with Crippen LogP contribution in [0.2, 0.25) is 10.0 Å². The molecule has 0 spiro atoms. The number of ether oxygens (including phenoxy) is 1. The molecule has 2 aromatic rings. The zero-order valence-corrected chi connectivity index (χ0v) is 43.0. The van der Waals surface area contributed by atoms with Gasteiger partial charge < -0.3 is 26.0 Å². The molecule has 374 valence electrons. The van der Waals surface area contributed by atoms with Crippen LogP contribution in [0.25, 0.3) is 0 Å². The normalized spacial score (nSPS) is 39.3. The quantitative estimate of drug-likeness (QED) is 0.139. The van der Waals surface area contributed by atoms with Crippen molar-refractivity contribution < 1.29 is 42.1 Å². The Labute approximate surface area is 406 Å². The molecular weight excluding hydrogens is 904 g/mol. The number of aliphatic hydroxyl groups is 2. The number of carbonyl (C=O) groups is 2. The van der Waals surface area contributed by atoms with Gasteiger partial charge in [-0.15, -0.1) is 0 Å². The van der Waals surface area contributed by atoms with E-state index in [-0.39, 0.29) is 55.2 Å². The van der Waals surface area contributed by atoms with Crippen molar-refractivity contribution >= 4 is 35.1 Å². The number of alkyl halides is 4. The van der Waals surface area contributed by atoms with Crippen LogP contribution >= 0.6 is 23.2 Å². The second-order valence-corrected chi connectivity index (χ2v) is 25.4. The Morgan fingerprint density at radius 3 is 1.64 bits per heavy atom. The second kappa shape index (κ2) is 17.7. The second-order valence-electron chi connectivity index (χ2n) is 24.6. The Balaban J connectivity index is 0.000000215. The van der Waals surface area contributed by atoms with Crippen LogP contribution in [0.4, 0.5) is 17.6 Å². The van der Waals surface area contributed by atoms with Crippen molar-refractivity contribution in [2.75, 3.05) is 20.3 Å². The Morgan fingerprint density at radius 2 is 1.19 bits per heavy atom. The highest BCUT2D eigenvalue weighted by molar-refractivity contribution is 6.32. The molecule has 67 heavy (non-hydrogen) atoms. The van der Waals surface area contributed by atoms with E-state index in [1.807, 2.05) is 53.7 Å². The third-order valence-corrected chi connectivity index (χ3v) is 19.2.